The van der Waals surface area contributed by atoms with Gasteiger partial charge in [0.15, 0.2) is 0 Å². The number of likely N-dealkylation sites (tertiary alicyclic amines) is 1. The topological polar surface area (TPSA) is 76.5 Å². The molecule has 2 rings (SSSR count). The summed E-state index contributed by atoms with van der Waals surface area (Å²) in [7, 11) is 0. The minimum atomic E-state index is -0.528. The molecule has 1 saturated heterocycles. The summed E-state index contributed by atoms with van der Waals surface area (Å²) in [5.41, 5.74) is -0.514. The average molecular weight is 290 g/mol. The molecule has 0 aromatic carbocycles. The van der Waals surface area contributed by atoms with E-state index in [-0.39, 0.29) is 12.1 Å². The molecule has 1 aliphatic heterocycles. The summed E-state index contributed by atoms with van der Waals surface area (Å²) in [6, 6.07) is 1.66. The molecule has 1 aromatic rings. The molecule has 2 amide bonds. The standard InChI is InChI=1S/C14H18N4O3/c1-5-12(19)16-11-6-7-15-18(11)10-8-17(9-10)13(20)21-14(2,3)4/h1,6-7,10H,8-9H2,2-4H3,(H,16,19). The van der Waals surface area contributed by atoms with Crippen molar-refractivity contribution in [3.8, 4) is 12.3 Å². The van der Waals surface area contributed by atoms with Gasteiger partial charge in [-0.15, -0.1) is 6.42 Å². The number of nitrogens with one attached hydrogen (secondary N) is 1. The maximum atomic E-state index is 11.8. The van der Waals surface area contributed by atoms with E-state index in [9.17, 15) is 9.59 Å². The van der Waals surface area contributed by atoms with Crippen molar-refractivity contribution < 1.29 is 14.3 Å². The Morgan fingerprint density at radius 2 is 2.14 bits per heavy atom. The molecular formula is C14H18N4O3. The fourth-order valence-corrected chi connectivity index (χ4v) is 1.94. The van der Waals surface area contributed by atoms with Gasteiger partial charge in [0.05, 0.1) is 12.2 Å². The molecule has 112 valence electrons. The highest BCUT2D eigenvalue weighted by molar-refractivity contribution is 6.03. The average Bonchev–Trinajstić information content (AvgIpc) is 2.72. The van der Waals surface area contributed by atoms with Crippen molar-refractivity contribution in [2.75, 3.05) is 18.4 Å². The second kappa shape index (κ2) is 5.48. The fourth-order valence-electron chi connectivity index (χ4n) is 1.94. The van der Waals surface area contributed by atoms with Crippen LogP contribution in [0.3, 0.4) is 0 Å². The molecule has 0 bridgehead atoms. The summed E-state index contributed by atoms with van der Waals surface area (Å²) in [4.78, 5) is 24.6. The minimum Gasteiger partial charge on any atom is -0.444 e. The molecule has 7 nitrogen and oxygen atoms in total. The third-order valence-electron chi connectivity index (χ3n) is 2.90. The van der Waals surface area contributed by atoms with Crippen LogP contribution in [-0.2, 0) is 9.53 Å². The van der Waals surface area contributed by atoms with E-state index in [1.165, 1.54) is 0 Å². The maximum Gasteiger partial charge on any atom is 0.410 e. The van der Waals surface area contributed by atoms with Crippen LogP contribution in [0, 0.1) is 12.3 Å². The molecular weight excluding hydrogens is 272 g/mol. The fraction of sp³-hybridized carbons (Fsp3) is 0.500. The summed E-state index contributed by atoms with van der Waals surface area (Å²) in [5.74, 6) is 1.97. The van der Waals surface area contributed by atoms with Gasteiger partial charge in [-0.2, -0.15) is 5.10 Å². The first-order valence-electron chi connectivity index (χ1n) is 6.59. The third-order valence-corrected chi connectivity index (χ3v) is 2.90. The predicted octanol–water partition coefficient (Wildman–Crippen LogP) is 1.25. The number of amides is 2. The first-order valence-corrected chi connectivity index (χ1v) is 6.59. The minimum absolute atomic E-state index is 0.000549. The normalized spacial score (nSPS) is 15.0. The zero-order valence-electron chi connectivity index (χ0n) is 12.3. The first-order chi connectivity index (χ1) is 9.80. The second-order valence-corrected chi connectivity index (χ2v) is 5.80. The van der Waals surface area contributed by atoms with Gasteiger partial charge in [-0.3, -0.25) is 10.1 Å². The smallest absolute Gasteiger partial charge is 0.410 e. The Hall–Kier alpha value is -2.49. The van der Waals surface area contributed by atoms with Gasteiger partial charge in [-0.1, -0.05) is 0 Å². The summed E-state index contributed by atoms with van der Waals surface area (Å²) < 4.78 is 6.93. The largest absolute Gasteiger partial charge is 0.444 e. The molecule has 0 spiro atoms. The van der Waals surface area contributed by atoms with E-state index in [4.69, 9.17) is 11.2 Å². The molecule has 1 N–H and O–H groups in total. The first kappa shape index (κ1) is 14.9. The molecule has 0 aliphatic carbocycles. The van der Waals surface area contributed by atoms with Crippen LogP contribution in [0.5, 0.6) is 0 Å². The number of anilines is 1. The number of terminal acetylenes is 1. The number of rotatable bonds is 2. The molecule has 0 unspecified atom stereocenters. The molecule has 1 aliphatic rings. The van der Waals surface area contributed by atoms with Crippen LogP contribution < -0.4 is 5.32 Å². The maximum absolute atomic E-state index is 11.8. The Kier molecular flexibility index (Phi) is 3.89. The summed E-state index contributed by atoms with van der Waals surface area (Å²) in [6.07, 6.45) is 6.25. The molecule has 1 aromatic heterocycles. The summed E-state index contributed by atoms with van der Waals surface area (Å²) in [5, 5.41) is 6.71. The van der Waals surface area contributed by atoms with Gasteiger partial charge < -0.3 is 9.64 Å². The van der Waals surface area contributed by atoms with Gasteiger partial charge in [-0.25, -0.2) is 9.48 Å². The Labute approximate surface area is 123 Å². The highest BCUT2D eigenvalue weighted by atomic mass is 16.6. The number of hydrogen-bond donors (Lipinski definition) is 1. The zero-order valence-corrected chi connectivity index (χ0v) is 12.3. The van der Waals surface area contributed by atoms with E-state index in [2.05, 4.69) is 10.4 Å². The van der Waals surface area contributed by atoms with Crippen LogP contribution in [-0.4, -0.2) is 45.4 Å². The molecule has 0 saturated carbocycles. The summed E-state index contributed by atoms with van der Waals surface area (Å²) >= 11 is 0. The van der Waals surface area contributed by atoms with Gasteiger partial charge in [-0.05, 0) is 26.7 Å². The van der Waals surface area contributed by atoms with Crippen molar-refractivity contribution in [2.45, 2.75) is 32.4 Å². The van der Waals surface area contributed by atoms with Crippen LogP contribution in [0.25, 0.3) is 0 Å². The molecule has 1 fully saturated rings. The lowest BCUT2D eigenvalue weighted by atomic mass is 10.1. The SMILES string of the molecule is C#CC(=O)Nc1ccnn1C1CN(C(=O)OC(C)(C)C)C1. The number of hydrogen-bond acceptors (Lipinski definition) is 4. The predicted molar refractivity (Wildman–Crippen MR) is 76.5 cm³/mol. The second-order valence-electron chi connectivity index (χ2n) is 5.80. The van der Waals surface area contributed by atoms with Crippen molar-refractivity contribution in [1.29, 1.82) is 0 Å². The Bertz CT molecular complexity index is 588. The third kappa shape index (κ3) is 3.54. The van der Waals surface area contributed by atoms with E-state index in [0.717, 1.165) is 0 Å². The monoisotopic (exact) mass is 290 g/mol. The lowest BCUT2D eigenvalue weighted by molar-refractivity contribution is -0.111. The lowest BCUT2D eigenvalue weighted by Gasteiger charge is -2.40. The lowest BCUT2D eigenvalue weighted by Crippen LogP contribution is -2.52. The number of carbonyl (C=O) groups is 2. The van der Waals surface area contributed by atoms with Crippen LogP contribution in [0.1, 0.15) is 26.8 Å². The zero-order chi connectivity index (χ0) is 15.6. The van der Waals surface area contributed by atoms with Gasteiger partial charge >= 0.3 is 12.0 Å². The van der Waals surface area contributed by atoms with Gasteiger partial charge in [0.25, 0.3) is 0 Å². The van der Waals surface area contributed by atoms with Crippen LogP contribution in [0.15, 0.2) is 12.3 Å². The number of aromatic nitrogens is 2. The van der Waals surface area contributed by atoms with Gasteiger partial charge in [0.2, 0.25) is 0 Å². The van der Waals surface area contributed by atoms with Crippen molar-refractivity contribution in [3.05, 3.63) is 12.3 Å². The molecule has 0 radical (unpaired) electrons. The number of nitrogens with zero attached hydrogens (tertiary/aromatic N) is 3. The molecule has 2 heterocycles. The van der Waals surface area contributed by atoms with Crippen LogP contribution in [0.4, 0.5) is 10.6 Å². The van der Waals surface area contributed by atoms with Gasteiger partial charge in [0, 0.05) is 19.2 Å². The van der Waals surface area contributed by atoms with Crippen molar-refractivity contribution in [1.82, 2.24) is 14.7 Å². The van der Waals surface area contributed by atoms with Crippen molar-refractivity contribution in [2.24, 2.45) is 0 Å². The van der Waals surface area contributed by atoms with E-state index in [1.807, 2.05) is 26.7 Å². The molecule has 0 atom stereocenters. The van der Waals surface area contributed by atoms with Crippen molar-refractivity contribution >= 4 is 17.8 Å². The highest BCUT2D eigenvalue weighted by Crippen LogP contribution is 2.25. The Balaban J connectivity index is 1.93. The summed E-state index contributed by atoms with van der Waals surface area (Å²) in [6.45, 7) is 6.43. The van der Waals surface area contributed by atoms with E-state index in [1.54, 1.807) is 21.8 Å². The Morgan fingerprint density at radius 1 is 1.48 bits per heavy atom. The quantitative estimate of drug-likeness (QED) is 0.832. The van der Waals surface area contributed by atoms with E-state index >= 15 is 0 Å². The molecule has 21 heavy (non-hydrogen) atoms. The van der Waals surface area contributed by atoms with Gasteiger partial charge in [0.1, 0.15) is 11.4 Å². The molecule has 7 heteroatoms. The Morgan fingerprint density at radius 3 is 2.71 bits per heavy atom. The number of carbonyl (C=O) groups excluding carboxylic acids is 2. The highest BCUT2D eigenvalue weighted by Gasteiger charge is 2.36. The van der Waals surface area contributed by atoms with Crippen LogP contribution in [0.2, 0.25) is 0 Å². The van der Waals surface area contributed by atoms with Crippen LogP contribution >= 0.6 is 0 Å². The van der Waals surface area contributed by atoms with E-state index < -0.39 is 11.5 Å². The number of ether oxygens (including phenoxy) is 1. The van der Waals surface area contributed by atoms with E-state index in [0.29, 0.717) is 18.9 Å². The van der Waals surface area contributed by atoms with Crippen molar-refractivity contribution in [3.63, 3.8) is 0 Å².